The van der Waals surface area contributed by atoms with Crippen LogP contribution in [0.15, 0.2) is 48.7 Å². The number of ether oxygens (including phenoxy) is 1. The molecule has 4 heteroatoms. The number of hydrogen-bond donors (Lipinski definition) is 0. The zero-order valence-corrected chi connectivity index (χ0v) is 14.7. The molecule has 0 aliphatic rings. The summed E-state index contributed by atoms with van der Waals surface area (Å²) in [6, 6.07) is 14.3. The van der Waals surface area contributed by atoms with E-state index in [2.05, 4.69) is 48.2 Å². The molecule has 110 valence electrons. The smallest absolute Gasteiger partial charge is 0.329 e. The second-order valence-corrected chi connectivity index (χ2v) is 5.07. The van der Waals surface area contributed by atoms with Crippen molar-refractivity contribution in [1.29, 1.82) is 0 Å². The largest absolute Gasteiger partial charge is 1.00 e. The standard InChI is InChI=1S/C17H19N2O.HI/c1-13-14(2)19-11-7-10-16(17(19)18(13)3)20-12-15-8-5-4-6-9-15;/h4-11H,12H2,1-3H3;1H/q+1;/p-1. The molecule has 1 aromatic carbocycles. The van der Waals surface area contributed by atoms with Crippen molar-refractivity contribution < 1.29 is 33.1 Å². The van der Waals surface area contributed by atoms with Gasteiger partial charge < -0.3 is 28.7 Å². The molecule has 0 unspecified atom stereocenters. The topological polar surface area (TPSA) is 18.3 Å². The van der Waals surface area contributed by atoms with E-state index in [4.69, 9.17) is 4.74 Å². The van der Waals surface area contributed by atoms with Crippen LogP contribution in [-0.4, -0.2) is 4.57 Å². The van der Waals surface area contributed by atoms with Crippen molar-refractivity contribution in [2.75, 3.05) is 0 Å². The SMILES string of the molecule is Cc1c(C)[n+]2cccc(OCc3ccccc3)c2n1C.[I-]. The lowest BCUT2D eigenvalue weighted by Gasteiger charge is -2.05. The first-order chi connectivity index (χ1) is 9.68. The van der Waals surface area contributed by atoms with Crippen molar-refractivity contribution in [2.45, 2.75) is 20.5 Å². The monoisotopic (exact) mass is 394 g/mol. The summed E-state index contributed by atoms with van der Waals surface area (Å²) in [5, 5.41) is 0. The van der Waals surface area contributed by atoms with E-state index in [1.54, 1.807) is 0 Å². The number of rotatable bonds is 3. The maximum Gasteiger partial charge on any atom is 0.329 e. The van der Waals surface area contributed by atoms with Crippen LogP contribution in [-0.2, 0) is 13.7 Å². The second-order valence-electron chi connectivity index (χ2n) is 5.07. The van der Waals surface area contributed by atoms with Gasteiger partial charge in [0, 0.05) is 13.8 Å². The molecule has 0 N–H and O–H groups in total. The van der Waals surface area contributed by atoms with Crippen LogP contribution in [0.25, 0.3) is 5.65 Å². The first-order valence-corrected chi connectivity index (χ1v) is 6.81. The number of imidazole rings is 1. The zero-order chi connectivity index (χ0) is 14.1. The highest BCUT2D eigenvalue weighted by atomic mass is 127. The third-order valence-electron chi connectivity index (χ3n) is 3.87. The van der Waals surface area contributed by atoms with Crippen LogP contribution in [0.1, 0.15) is 17.0 Å². The van der Waals surface area contributed by atoms with Crippen molar-refractivity contribution in [3.63, 3.8) is 0 Å². The minimum absolute atomic E-state index is 0. The Morgan fingerprint density at radius 3 is 2.48 bits per heavy atom. The van der Waals surface area contributed by atoms with Gasteiger partial charge in [0.1, 0.15) is 18.0 Å². The molecule has 3 nitrogen and oxygen atoms in total. The Labute approximate surface area is 142 Å². The van der Waals surface area contributed by atoms with E-state index < -0.39 is 0 Å². The van der Waals surface area contributed by atoms with Gasteiger partial charge in [0.2, 0.25) is 5.75 Å². The van der Waals surface area contributed by atoms with E-state index in [0.717, 1.165) is 11.4 Å². The van der Waals surface area contributed by atoms with Gasteiger partial charge in [0.15, 0.2) is 0 Å². The molecule has 0 bridgehead atoms. The van der Waals surface area contributed by atoms with E-state index in [1.807, 2.05) is 30.3 Å². The molecule has 0 radical (unpaired) electrons. The summed E-state index contributed by atoms with van der Waals surface area (Å²) < 4.78 is 10.4. The van der Waals surface area contributed by atoms with Crippen molar-refractivity contribution in [3.05, 3.63) is 65.6 Å². The zero-order valence-electron chi connectivity index (χ0n) is 12.5. The number of aromatic nitrogens is 2. The summed E-state index contributed by atoms with van der Waals surface area (Å²) in [5.41, 5.74) is 4.77. The summed E-state index contributed by atoms with van der Waals surface area (Å²) in [6.07, 6.45) is 2.08. The van der Waals surface area contributed by atoms with Gasteiger partial charge in [-0.1, -0.05) is 30.3 Å². The lowest BCUT2D eigenvalue weighted by atomic mass is 10.2. The van der Waals surface area contributed by atoms with Gasteiger partial charge in [-0.3, -0.25) is 0 Å². The summed E-state index contributed by atoms with van der Waals surface area (Å²) in [6.45, 7) is 4.84. The van der Waals surface area contributed by atoms with Crippen molar-refractivity contribution in [1.82, 2.24) is 4.57 Å². The lowest BCUT2D eigenvalue weighted by molar-refractivity contribution is -0.519. The Hall–Kier alpha value is -1.56. The van der Waals surface area contributed by atoms with Gasteiger partial charge in [-0.2, -0.15) is 4.40 Å². The molecule has 0 saturated heterocycles. The van der Waals surface area contributed by atoms with Gasteiger partial charge in [0.25, 0.3) is 0 Å². The molecule has 2 aromatic heterocycles. The maximum atomic E-state index is 6.01. The normalized spacial score (nSPS) is 10.4. The average molecular weight is 394 g/mol. The van der Waals surface area contributed by atoms with Crippen LogP contribution in [0.4, 0.5) is 0 Å². The van der Waals surface area contributed by atoms with E-state index in [1.165, 1.54) is 17.0 Å². The molecule has 0 amide bonds. The molecule has 21 heavy (non-hydrogen) atoms. The fraction of sp³-hybridized carbons (Fsp3) is 0.235. The quantitative estimate of drug-likeness (QED) is 0.451. The highest BCUT2D eigenvalue weighted by Crippen LogP contribution is 2.20. The van der Waals surface area contributed by atoms with Gasteiger partial charge in [0.05, 0.1) is 13.2 Å². The number of halogens is 1. The molecular formula is C17H19IN2O. The van der Waals surface area contributed by atoms with Gasteiger partial charge >= 0.3 is 5.65 Å². The van der Waals surface area contributed by atoms with E-state index in [0.29, 0.717) is 6.61 Å². The predicted octanol–water partition coefficient (Wildman–Crippen LogP) is -0.0364. The fourth-order valence-corrected chi connectivity index (χ4v) is 2.50. The molecule has 3 rings (SSSR count). The highest BCUT2D eigenvalue weighted by Gasteiger charge is 2.20. The van der Waals surface area contributed by atoms with Gasteiger partial charge in [-0.25, -0.2) is 4.57 Å². The minimum Gasteiger partial charge on any atom is -1.00 e. The Balaban J connectivity index is 0.00000161. The minimum atomic E-state index is 0. The molecule has 2 heterocycles. The maximum absolute atomic E-state index is 6.01. The number of benzene rings is 1. The van der Waals surface area contributed by atoms with Crippen LogP contribution < -0.4 is 33.1 Å². The third kappa shape index (κ3) is 2.90. The number of nitrogens with zero attached hydrogens (tertiary/aromatic N) is 2. The lowest BCUT2D eigenvalue weighted by Crippen LogP contribution is -3.00. The van der Waals surface area contributed by atoms with E-state index in [9.17, 15) is 0 Å². The van der Waals surface area contributed by atoms with Crippen LogP contribution >= 0.6 is 0 Å². The van der Waals surface area contributed by atoms with Crippen molar-refractivity contribution in [2.24, 2.45) is 7.05 Å². The first kappa shape index (κ1) is 15.8. The predicted molar refractivity (Wildman–Crippen MR) is 78.8 cm³/mol. The summed E-state index contributed by atoms with van der Waals surface area (Å²) in [5.74, 6) is 0.912. The fourth-order valence-electron chi connectivity index (χ4n) is 2.50. The average Bonchev–Trinajstić information content (AvgIpc) is 2.72. The van der Waals surface area contributed by atoms with Crippen LogP contribution in [0.2, 0.25) is 0 Å². The Bertz CT molecular complexity index is 750. The highest BCUT2D eigenvalue weighted by molar-refractivity contribution is 5.50. The van der Waals surface area contributed by atoms with Crippen LogP contribution in [0.5, 0.6) is 5.75 Å². The molecule has 0 spiro atoms. The van der Waals surface area contributed by atoms with Crippen LogP contribution in [0, 0.1) is 13.8 Å². The summed E-state index contributed by atoms with van der Waals surface area (Å²) in [7, 11) is 2.08. The summed E-state index contributed by atoms with van der Waals surface area (Å²) in [4.78, 5) is 0. The molecule has 3 aromatic rings. The Kier molecular flexibility index (Phi) is 4.88. The number of hydrogen-bond acceptors (Lipinski definition) is 1. The second kappa shape index (κ2) is 6.47. The third-order valence-corrected chi connectivity index (χ3v) is 3.87. The molecule has 0 saturated carbocycles. The number of pyridine rings is 1. The molecule has 0 aliphatic carbocycles. The van der Waals surface area contributed by atoms with Gasteiger partial charge in [-0.05, 0) is 17.7 Å². The number of fused-ring (bicyclic) bond motifs is 1. The van der Waals surface area contributed by atoms with Crippen molar-refractivity contribution in [3.8, 4) is 5.75 Å². The van der Waals surface area contributed by atoms with Crippen molar-refractivity contribution >= 4 is 5.65 Å². The molecular weight excluding hydrogens is 375 g/mol. The Morgan fingerprint density at radius 1 is 1.05 bits per heavy atom. The molecule has 0 atom stereocenters. The van der Waals surface area contributed by atoms with Gasteiger partial charge in [-0.15, -0.1) is 0 Å². The number of aryl methyl sites for hydroxylation is 2. The Morgan fingerprint density at radius 2 is 1.76 bits per heavy atom. The van der Waals surface area contributed by atoms with E-state index in [-0.39, 0.29) is 24.0 Å². The molecule has 0 aliphatic heterocycles. The first-order valence-electron chi connectivity index (χ1n) is 6.81. The van der Waals surface area contributed by atoms with Crippen LogP contribution in [0.3, 0.4) is 0 Å². The summed E-state index contributed by atoms with van der Waals surface area (Å²) >= 11 is 0. The molecule has 0 fully saturated rings. The van der Waals surface area contributed by atoms with E-state index >= 15 is 0 Å².